The van der Waals surface area contributed by atoms with Crippen molar-refractivity contribution in [2.45, 2.75) is 110 Å². The van der Waals surface area contributed by atoms with Crippen molar-refractivity contribution in [1.29, 1.82) is 0 Å². The molecule has 0 aliphatic carbocycles. The van der Waals surface area contributed by atoms with E-state index in [2.05, 4.69) is 13.8 Å². The third-order valence-electron chi connectivity index (χ3n) is 7.80. The van der Waals surface area contributed by atoms with Crippen LogP contribution in [0.4, 0.5) is 4.39 Å². The molecule has 0 heterocycles. The van der Waals surface area contributed by atoms with Crippen LogP contribution in [0.15, 0.2) is 66.7 Å². The van der Waals surface area contributed by atoms with E-state index in [9.17, 15) is 18.8 Å². The van der Waals surface area contributed by atoms with E-state index in [0.29, 0.717) is 12.2 Å². The van der Waals surface area contributed by atoms with Crippen molar-refractivity contribution in [1.82, 2.24) is 0 Å². The Kier molecular flexibility index (Phi) is 16.5. The fourth-order valence-electron chi connectivity index (χ4n) is 4.98. The van der Waals surface area contributed by atoms with E-state index in [0.717, 1.165) is 51.0 Å². The van der Waals surface area contributed by atoms with Crippen molar-refractivity contribution in [3.63, 3.8) is 0 Å². The highest BCUT2D eigenvalue weighted by atomic mass is 19.1. The van der Waals surface area contributed by atoms with Crippen LogP contribution < -0.4 is 14.2 Å². The summed E-state index contributed by atoms with van der Waals surface area (Å²) in [5, 5.41) is 0. The van der Waals surface area contributed by atoms with E-state index in [4.69, 9.17) is 18.9 Å². The molecule has 0 N–H and O–H groups in total. The summed E-state index contributed by atoms with van der Waals surface area (Å²) in [6.45, 7) is 6.66. The van der Waals surface area contributed by atoms with E-state index in [1.54, 1.807) is 12.1 Å². The molecule has 0 aliphatic rings. The van der Waals surface area contributed by atoms with Crippen LogP contribution in [0.25, 0.3) is 0 Å². The average molecular weight is 649 g/mol. The van der Waals surface area contributed by atoms with Gasteiger partial charge in [0.2, 0.25) is 0 Å². The van der Waals surface area contributed by atoms with Gasteiger partial charge in [-0.3, -0.25) is 0 Å². The highest BCUT2D eigenvalue weighted by molar-refractivity contribution is 5.93. The Morgan fingerprint density at radius 3 is 1.62 bits per heavy atom. The fourth-order valence-corrected chi connectivity index (χ4v) is 4.98. The van der Waals surface area contributed by atoms with Gasteiger partial charge in [0.15, 0.2) is 11.6 Å². The number of esters is 3. The summed E-state index contributed by atoms with van der Waals surface area (Å²) < 4.78 is 36.4. The molecular weight excluding hydrogens is 599 g/mol. The molecule has 0 bridgehead atoms. The zero-order valence-electron chi connectivity index (χ0n) is 28.1. The molecule has 254 valence electrons. The first-order valence-electron chi connectivity index (χ1n) is 17.1. The number of unbranched alkanes of at least 4 members (excludes halogenated alkanes) is 10. The van der Waals surface area contributed by atoms with Gasteiger partial charge in [-0.1, -0.05) is 78.1 Å². The van der Waals surface area contributed by atoms with Gasteiger partial charge in [0.05, 0.1) is 29.4 Å². The van der Waals surface area contributed by atoms with Crippen LogP contribution in [0.2, 0.25) is 0 Å². The first kappa shape index (κ1) is 37.3. The molecule has 47 heavy (non-hydrogen) atoms. The molecular formula is C39H49FO7. The lowest BCUT2D eigenvalue weighted by molar-refractivity contribution is 0.0319. The second-order valence-electron chi connectivity index (χ2n) is 11.9. The molecule has 0 radical (unpaired) electrons. The van der Waals surface area contributed by atoms with Crippen LogP contribution >= 0.6 is 0 Å². The van der Waals surface area contributed by atoms with Gasteiger partial charge in [0.1, 0.15) is 11.5 Å². The minimum absolute atomic E-state index is 0.0409. The topological polar surface area (TPSA) is 88.1 Å². The lowest BCUT2D eigenvalue weighted by atomic mass is 10.1. The summed E-state index contributed by atoms with van der Waals surface area (Å²) in [4.78, 5) is 37.7. The van der Waals surface area contributed by atoms with E-state index < -0.39 is 23.7 Å². The smallest absolute Gasteiger partial charge is 0.343 e. The maximum Gasteiger partial charge on any atom is 0.343 e. The predicted molar refractivity (Wildman–Crippen MR) is 181 cm³/mol. The molecule has 3 aromatic rings. The fraction of sp³-hybridized carbons (Fsp3) is 0.462. The summed E-state index contributed by atoms with van der Waals surface area (Å²) in [7, 11) is 0. The van der Waals surface area contributed by atoms with Crippen LogP contribution in [0.5, 0.6) is 17.2 Å². The van der Waals surface area contributed by atoms with Gasteiger partial charge in [-0.25, -0.2) is 18.8 Å². The zero-order valence-corrected chi connectivity index (χ0v) is 28.1. The Balaban J connectivity index is 1.42. The van der Waals surface area contributed by atoms with Gasteiger partial charge in [0.25, 0.3) is 0 Å². The lowest BCUT2D eigenvalue weighted by Gasteiger charge is -2.13. The molecule has 0 saturated carbocycles. The quantitative estimate of drug-likeness (QED) is 0.0645. The molecule has 0 spiro atoms. The highest BCUT2D eigenvalue weighted by Gasteiger charge is 2.16. The molecule has 0 amide bonds. The molecule has 0 saturated heterocycles. The molecule has 3 rings (SSSR count). The monoisotopic (exact) mass is 648 g/mol. The maximum atomic E-state index is 14.6. The van der Waals surface area contributed by atoms with Crippen LogP contribution in [-0.2, 0) is 4.74 Å². The number of halogens is 1. The van der Waals surface area contributed by atoms with Crippen LogP contribution in [0.1, 0.15) is 135 Å². The number of hydrogen-bond acceptors (Lipinski definition) is 7. The van der Waals surface area contributed by atoms with E-state index in [1.807, 2.05) is 6.92 Å². The summed E-state index contributed by atoms with van der Waals surface area (Å²) in [5.74, 6) is -1.86. The van der Waals surface area contributed by atoms with Crippen LogP contribution in [0, 0.1) is 5.82 Å². The van der Waals surface area contributed by atoms with Gasteiger partial charge in [0, 0.05) is 0 Å². The van der Waals surface area contributed by atoms with Crippen molar-refractivity contribution in [2.24, 2.45) is 0 Å². The first-order chi connectivity index (χ1) is 22.8. The standard InChI is InChI=1S/C39H49FO7/c1-4-6-8-10-11-12-13-15-27-44-36-26-21-32(28-35(36)40)39(43)47-34-24-19-31(20-25-34)38(42)46-33-22-17-30(18-23-33)37(41)45-29(3)16-14-9-7-5-2/h17-26,28-29H,4-16,27H2,1-3H3. The molecule has 3 aromatic carbocycles. The Bertz CT molecular complexity index is 1390. The van der Waals surface area contributed by atoms with Gasteiger partial charge < -0.3 is 18.9 Å². The van der Waals surface area contributed by atoms with Crippen molar-refractivity contribution in [3.05, 3.63) is 89.2 Å². The number of benzene rings is 3. The Morgan fingerprint density at radius 2 is 1.06 bits per heavy atom. The molecule has 0 aromatic heterocycles. The first-order valence-corrected chi connectivity index (χ1v) is 17.1. The van der Waals surface area contributed by atoms with Gasteiger partial charge in [-0.2, -0.15) is 0 Å². The van der Waals surface area contributed by atoms with E-state index in [1.165, 1.54) is 87.1 Å². The minimum Gasteiger partial charge on any atom is -0.491 e. The maximum absolute atomic E-state index is 14.6. The number of carbonyl (C=O) groups excluding carboxylic acids is 3. The molecule has 1 atom stereocenters. The molecule has 7 nitrogen and oxygen atoms in total. The van der Waals surface area contributed by atoms with E-state index >= 15 is 0 Å². The number of ether oxygens (including phenoxy) is 4. The Morgan fingerprint density at radius 1 is 0.596 bits per heavy atom. The largest absolute Gasteiger partial charge is 0.491 e. The summed E-state index contributed by atoms with van der Waals surface area (Å²) >= 11 is 0. The molecule has 8 heteroatoms. The van der Waals surface area contributed by atoms with E-state index in [-0.39, 0.29) is 34.5 Å². The summed E-state index contributed by atoms with van der Waals surface area (Å²) in [6, 6.07) is 16.0. The van der Waals surface area contributed by atoms with Gasteiger partial charge in [-0.15, -0.1) is 0 Å². The normalized spacial score (nSPS) is 11.5. The van der Waals surface area contributed by atoms with Crippen LogP contribution in [0.3, 0.4) is 0 Å². The predicted octanol–water partition coefficient (Wildman–Crippen LogP) is 10.3. The zero-order chi connectivity index (χ0) is 33.9. The third kappa shape index (κ3) is 13.6. The van der Waals surface area contributed by atoms with Crippen LogP contribution in [-0.4, -0.2) is 30.6 Å². The Labute approximate surface area is 278 Å². The number of carbonyl (C=O) groups is 3. The SMILES string of the molecule is CCCCCCCCCCOc1ccc(C(=O)Oc2ccc(C(=O)Oc3ccc(C(=O)OC(C)CCCCCC)cc3)cc2)cc1F. The van der Waals surface area contributed by atoms with Gasteiger partial charge in [-0.05, 0) is 92.9 Å². The number of hydrogen-bond donors (Lipinski definition) is 0. The number of rotatable bonds is 21. The molecule has 0 aliphatic heterocycles. The lowest BCUT2D eigenvalue weighted by Crippen LogP contribution is -2.15. The second kappa shape index (κ2) is 20.8. The second-order valence-corrected chi connectivity index (χ2v) is 11.9. The Hall–Kier alpha value is -4.20. The summed E-state index contributed by atoms with van der Waals surface area (Å²) in [6.07, 6.45) is 14.4. The molecule has 0 fully saturated rings. The highest BCUT2D eigenvalue weighted by Crippen LogP contribution is 2.22. The van der Waals surface area contributed by atoms with Crippen molar-refractivity contribution < 1.29 is 37.7 Å². The average Bonchev–Trinajstić information content (AvgIpc) is 3.07. The summed E-state index contributed by atoms with van der Waals surface area (Å²) in [5.41, 5.74) is 0.644. The minimum atomic E-state index is -0.738. The van der Waals surface area contributed by atoms with Gasteiger partial charge >= 0.3 is 17.9 Å². The molecule has 1 unspecified atom stereocenters. The third-order valence-corrected chi connectivity index (χ3v) is 7.80. The van der Waals surface area contributed by atoms with Crippen molar-refractivity contribution in [2.75, 3.05) is 6.61 Å². The van der Waals surface area contributed by atoms with Crippen molar-refractivity contribution in [3.8, 4) is 17.2 Å². The van der Waals surface area contributed by atoms with Crippen molar-refractivity contribution >= 4 is 17.9 Å².